The number of hydrogen-bond donors (Lipinski definition) is 2. The maximum atomic E-state index is 12.8. The molecule has 0 radical (unpaired) electrons. The Bertz CT molecular complexity index is 808. The van der Waals surface area contributed by atoms with E-state index in [-0.39, 0.29) is 12.3 Å². The van der Waals surface area contributed by atoms with Gasteiger partial charge in [0.05, 0.1) is 25.0 Å². The molecule has 0 aliphatic carbocycles. The number of carbonyl (C=O) groups is 2. The number of rotatable bonds is 7. The van der Waals surface area contributed by atoms with Crippen LogP contribution < -0.4 is 10.1 Å². The van der Waals surface area contributed by atoms with Gasteiger partial charge in [-0.2, -0.15) is 0 Å². The van der Waals surface area contributed by atoms with Gasteiger partial charge in [0.2, 0.25) is 5.91 Å². The van der Waals surface area contributed by atoms with Gasteiger partial charge in [-0.25, -0.2) is 0 Å². The second-order valence-corrected chi connectivity index (χ2v) is 6.84. The monoisotopic (exact) mass is 375 g/mol. The number of carboxylic acids is 1. The highest BCUT2D eigenvalue weighted by Gasteiger charge is 2.33. The van der Waals surface area contributed by atoms with Crippen molar-refractivity contribution in [2.45, 2.75) is 31.7 Å². The zero-order valence-corrected chi connectivity index (χ0v) is 15.7. The highest BCUT2D eigenvalue weighted by molar-refractivity contribution is 6.30. The molecule has 0 saturated heterocycles. The molecular weight excluding hydrogens is 354 g/mol. The summed E-state index contributed by atoms with van der Waals surface area (Å²) in [4.78, 5) is 24.2. The second kappa shape index (κ2) is 8.23. The van der Waals surface area contributed by atoms with E-state index in [0.717, 1.165) is 5.56 Å². The number of amides is 1. The molecule has 0 heterocycles. The number of ether oxygens (including phenoxy) is 1. The minimum Gasteiger partial charge on any atom is -0.497 e. The summed E-state index contributed by atoms with van der Waals surface area (Å²) in [7, 11) is 1.54. The number of aliphatic carboxylic acids is 1. The predicted octanol–water partition coefficient (Wildman–Crippen LogP) is 3.96. The summed E-state index contributed by atoms with van der Waals surface area (Å²) < 4.78 is 5.22. The van der Waals surface area contributed by atoms with E-state index >= 15 is 0 Å². The lowest BCUT2D eigenvalue weighted by Gasteiger charge is -2.31. The lowest BCUT2D eigenvalue weighted by Crippen LogP contribution is -2.46. The molecule has 0 aliphatic heterocycles. The fourth-order valence-corrected chi connectivity index (χ4v) is 2.99. The number of halogens is 1. The van der Waals surface area contributed by atoms with E-state index in [4.69, 9.17) is 16.3 Å². The summed E-state index contributed by atoms with van der Waals surface area (Å²) in [6.45, 7) is 3.45. The molecule has 26 heavy (non-hydrogen) atoms. The summed E-state index contributed by atoms with van der Waals surface area (Å²) >= 11 is 6.00. The Labute approximate surface area is 157 Å². The van der Waals surface area contributed by atoms with Gasteiger partial charge >= 0.3 is 5.97 Å². The molecule has 0 bridgehead atoms. The van der Waals surface area contributed by atoms with E-state index in [1.807, 2.05) is 6.07 Å². The first kappa shape index (κ1) is 19.8. The van der Waals surface area contributed by atoms with Crippen molar-refractivity contribution in [2.75, 3.05) is 7.11 Å². The van der Waals surface area contributed by atoms with E-state index in [1.165, 1.54) is 7.11 Å². The highest BCUT2D eigenvalue weighted by Crippen LogP contribution is 2.29. The van der Waals surface area contributed by atoms with Gasteiger partial charge < -0.3 is 15.2 Å². The molecule has 2 rings (SSSR count). The minimum atomic E-state index is -1.08. The Morgan fingerprint density at radius 2 is 1.92 bits per heavy atom. The normalized spacial score (nSPS) is 14.2. The van der Waals surface area contributed by atoms with E-state index < -0.39 is 17.4 Å². The largest absolute Gasteiger partial charge is 0.497 e. The average molecular weight is 376 g/mol. The number of nitrogens with one attached hydrogen (secondary N) is 1. The van der Waals surface area contributed by atoms with Crippen molar-refractivity contribution in [3.05, 3.63) is 64.7 Å². The highest BCUT2D eigenvalue weighted by atomic mass is 35.5. The zero-order chi connectivity index (χ0) is 19.3. The van der Waals surface area contributed by atoms with Crippen molar-refractivity contribution in [3.63, 3.8) is 0 Å². The van der Waals surface area contributed by atoms with Gasteiger partial charge in [-0.1, -0.05) is 35.9 Å². The van der Waals surface area contributed by atoms with Crippen LogP contribution in [0.5, 0.6) is 5.75 Å². The number of methoxy groups -OCH3 is 1. The topological polar surface area (TPSA) is 75.6 Å². The van der Waals surface area contributed by atoms with E-state index in [0.29, 0.717) is 16.3 Å². The Hall–Kier alpha value is -2.53. The van der Waals surface area contributed by atoms with Gasteiger partial charge in [-0.15, -0.1) is 0 Å². The van der Waals surface area contributed by atoms with Gasteiger partial charge in [0, 0.05) is 5.02 Å². The first-order valence-corrected chi connectivity index (χ1v) is 8.57. The van der Waals surface area contributed by atoms with E-state index in [1.54, 1.807) is 56.3 Å². The lowest BCUT2D eigenvalue weighted by atomic mass is 9.87. The molecule has 0 fully saturated rings. The Kier molecular flexibility index (Phi) is 6.27. The zero-order valence-electron chi connectivity index (χ0n) is 15.0. The third-order valence-corrected chi connectivity index (χ3v) is 4.59. The van der Waals surface area contributed by atoms with Gasteiger partial charge in [-0.3, -0.25) is 9.59 Å². The maximum absolute atomic E-state index is 12.8. The summed E-state index contributed by atoms with van der Waals surface area (Å²) in [6, 6.07) is 14.1. The summed E-state index contributed by atoms with van der Waals surface area (Å²) in [5.74, 6) is -1.17. The second-order valence-electron chi connectivity index (χ2n) is 6.40. The van der Waals surface area contributed by atoms with Gasteiger partial charge in [0.15, 0.2) is 0 Å². The molecule has 138 valence electrons. The Balaban J connectivity index is 2.31. The third kappa shape index (κ3) is 4.76. The maximum Gasteiger partial charge on any atom is 0.306 e. The van der Waals surface area contributed by atoms with Gasteiger partial charge in [0.25, 0.3) is 0 Å². The smallest absolute Gasteiger partial charge is 0.306 e. The fraction of sp³-hybridized carbons (Fsp3) is 0.300. The van der Waals surface area contributed by atoms with Crippen molar-refractivity contribution in [3.8, 4) is 5.75 Å². The standard InChI is InChI=1S/C20H22ClNO4/c1-13(14-6-4-8-16(21)10-14)19(25)22-20(2,12-18(23)24)15-7-5-9-17(11-15)26-3/h4-11,13H,12H2,1-3H3,(H,22,25)(H,23,24). The van der Waals surface area contributed by atoms with E-state index in [2.05, 4.69) is 5.32 Å². The lowest BCUT2D eigenvalue weighted by molar-refractivity contribution is -0.139. The van der Waals surface area contributed by atoms with Crippen LogP contribution in [0.1, 0.15) is 37.3 Å². The van der Waals surface area contributed by atoms with Crippen LogP contribution in [0.2, 0.25) is 5.02 Å². The van der Waals surface area contributed by atoms with Crippen LogP contribution in [0, 0.1) is 0 Å². The van der Waals surface area contributed by atoms with Crippen molar-refractivity contribution in [1.29, 1.82) is 0 Å². The molecule has 2 aromatic rings. The SMILES string of the molecule is COc1cccc(C(C)(CC(=O)O)NC(=O)C(C)c2cccc(Cl)c2)c1. The fourth-order valence-electron chi connectivity index (χ4n) is 2.79. The number of carboxylic acid groups (broad SMARTS) is 1. The molecule has 0 aliphatic rings. The first-order valence-electron chi connectivity index (χ1n) is 8.19. The first-order chi connectivity index (χ1) is 12.2. The van der Waals surface area contributed by atoms with Crippen molar-refractivity contribution in [1.82, 2.24) is 5.32 Å². The van der Waals surface area contributed by atoms with Crippen molar-refractivity contribution >= 4 is 23.5 Å². The summed E-state index contributed by atoms with van der Waals surface area (Å²) in [5, 5.41) is 12.8. The minimum absolute atomic E-state index is 0.256. The van der Waals surface area contributed by atoms with Crippen LogP contribution in [0.25, 0.3) is 0 Å². The number of benzene rings is 2. The van der Waals surface area contributed by atoms with E-state index in [9.17, 15) is 14.7 Å². The molecule has 6 heteroatoms. The van der Waals surface area contributed by atoms with Gasteiger partial charge in [0.1, 0.15) is 5.75 Å². The van der Waals surface area contributed by atoms with Crippen LogP contribution in [-0.4, -0.2) is 24.1 Å². The predicted molar refractivity (Wildman–Crippen MR) is 101 cm³/mol. The summed E-state index contributed by atoms with van der Waals surface area (Å²) in [6.07, 6.45) is -0.256. The molecule has 2 unspecified atom stereocenters. The molecule has 2 aromatic carbocycles. The van der Waals surface area contributed by atoms with Crippen LogP contribution in [0.3, 0.4) is 0 Å². The molecule has 5 nitrogen and oxygen atoms in total. The molecule has 0 aromatic heterocycles. The Morgan fingerprint density at radius 1 is 1.23 bits per heavy atom. The number of hydrogen-bond acceptors (Lipinski definition) is 3. The molecule has 0 spiro atoms. The molecule has 0 saturated carbocycles. The molecule has 1 amide bonds. The molecular formula is C20H22ClNO4. The average Bonchev–Trinajstić information content (AvgIpc) is 2.60. The van der Waals surface area contributed by atoms with Gasteiger partial charge in [-0.05, 0) is 49.2 Å². The summed E-state index contributed by atoms with van der Waals surface area (Å²) in [5.41, 5.74) is 0.341. The number of carbonyl (C=O) groups excluding carboxylic acids is 1. The quantitative estimate of drug-likeness (QED) is 0.768. The van der Waals surface area contributed by atoms with Crippen LogP contribution >= 0.6 is 11.6 Å². The van der Waals surface area contributed by atoms with Crippen LogP contribution in [0.4, 0.5) is 0 Å². The van der Waals surface area contributed by atoms with Crippen molar-refractivity contribution in [2.24, 2.45) is 0 Å². The van der Waals surface area contributed by atoms with Crippen molar-refractivity contribution < 1.29 is 19.4 Å². The van der Waals surface area contributed by atoms with Crippen LogP contribution in [0.15, 0.2) is 48.5 Å². The molecule has 2 atom stereocenters. The Morgan fingerprint density at radius 3 is 2.54 bits per heavy atom. The van der Waals surface area contributed by atoms with Crippen LogP contribution in [-0.2, 0) is 15.1 Å². The third-order valence-electron chi connectivity index (χ3n) is 4.35. The molecule has 2 N–H and O–H groups in total.